The molecule has 2 aromatic rings. The highest BCUT2D eigenvalue weighted by Gasteiger charge is 2.46. The van der Waals surface area contributed by atoms with Gasteiger partial charge >= 0.3 is 0 Å². The van der Waals surface area contributed by atoms with Gasteiger partial charge < -0.3 is 19.3 Å². The second kappa shape index (κ2) is 9.69. The molecule has 7 heteroatoms. The van der Waals surface area contributed by atoms with E-state index in [-0.39, 0.29) is 16.7 Å². The van der Waals surface area contributed by atoms with Gasteiger partial charge in [-0.2, -0.15) is 0 Å². The van der Waals surface area contributed by atoms with Crippen LogP contribution in [0.4, 0.5) is 0 Å². The Hall–Kier alpha value is -2.93. The summed E-state index contributed by atoms with van der Waals surface area (Å²) in [5.41, 5.74) is 1.46. The van der Waals surface area contributed by atoms with Gasteiger partial charge in [-0.1, -0.05) is 36.4 Å². The zero-order chi connectivity index (χ0) is 22.6. The smallest absolute Gasteiger partial charge is 0.261 e. The van der Waals surface area contributed by atoms with Crippen LogP contribution in [0.15, 0.2) is 54.6 Å². The van der Waals surface area contributed by atoms with Gasteiger partial charge in [-0.25, -0.2) is 0 Å². The molecule has 2 aliphatic heterocycles. The minimum Gasteiger partial charge on any atom is -0.496 e. The van der Waals surface area contributed by atoms with Gasteiger partial charge in [-0.15, -0.1) is 11.8 Å². The van der Waals surface area contributed by atoms with Gasteiger partial charge in [-0.05, 0) is 36.6 Å². The van der Waals surface area contributed by atoms with Crippen LogP contribution in [0, 0.1) is 0 Å². The molecule has 2 saturated heterocycles. The molecule has 0 saturated carbocycles. The van der Waals surface area contributed by atoms with E-state index in [9.17, 15) is 9.59 Å². The van der Waals surface area contributed by atoms with E-state index in [1.807, 2.05) is 58.0 Å². The van der Waals surface area contributed by atoms with Crippen LogP contribution in [0.3, 0.4) is 0 Å². The highest BCUT2D eigenvalue weighted by atomic mass is 32.2. The maximum absolute atomic E-state index is 13.3. The van der Waals surface area contributed by atoms with Crippen molar-refractivity contribution in [1.82, 2.24) is 9.80 Å². The molecule has 0 radical (unpaired) electrons. The van der Waals surface area contributed by atoms with E-state index in [1.165, 1.54) is 0 Å². The van der Waals surface area contributed by atoms with Crippen LogP contribution in [0.5, 0.6) is 11.5 Å². The fourth-order valence-corrected chi connectivity index (χ4v) is 5.90. The third kappa shape index (κ3) is 4.35. The van der Waals surface area contributed by atoms with E-state index in [1.54, 1.807) is 38.5 Å². The second-order valence-corrected chi connectivity index (χ2v) is 9.32. The lowest BCUT2D eigenvalue weighted by Crippen LogP contribution is -2.53. The highest BCUT2D eigenvalue weighted by Crippen LogP contribution is 2.44. The Morgan fingerprint density at radius 2 is 1.59 bits per heavy atom. The Labute approximate surface area is 193 Å². The van der Waals surface area contributed by atoms with Crippen LogP contribution < -0.4 is 9.47 Å². The first kappa shape index (κ1) is 22.3. The van der Waals surface area contributed by atoms with Crippen LogP contribution in [0.2, 0.25) is 0 Å². The van der Waals surface area contributed by atoms with Crippen LogP contribution >= 0.6 is 11.8 Å². The number of ether oxygens (including phenoxy) is 2. The summed E-state index contributed by atoms with van der Waals surface area (Å²) in [5.74, 6) is 1.86. The number of methoxy groups -OCH3 is 2. The molecule has 2 heterocycles. The number of likely N-dealkylation sites (tertiary alicyclic amines) is 1. The van der Waals surface area contributed by atoms with Crippen LogP contribution in [0.1, 0.15) is 28.8 Å². The van der Waals surface area contributed by atoms with Gasteiger partial charge in [0, 0.05) is 31.5 Å². The molecule has 0 N–H and O–H groups in total. The molecule has 2 fully saturated rings. The third-order valence-electron chi connectivity index (χ3n) is 6.14. The Balaban J connectivity index is 1.46. The lowest BCUT2D eigenvalue weighted by molar-refractivity contribution is -0.129. The number of nitrogens with zero attached hydrogens (tertiary/aromatic N) is 2. The van der Waals surface area contributed by atoms with Crippen LogP contribution in [-0.4, -0.2) is 66.1 Å². The number of benzene rings is 2. The van der Waals surface area contributed by atoms with Crippen molar-refractivity contribution in [2.75, 3.05) is 39.6 Å². The summed E-state index contributed by atoms with van der Waals surface area (Å²) in [6.07, 6.45) is 5.02. The van der Waals surface area contributed by atoms with Crippen molar-refractivity contribution in [2.45, 2.75) is 17.7 Å². The van der Waals surface area contributed by atoms with Gasteiger partial charge in [-0.3, -0.25) is 9.59 Å². The summed E-state index contributed by atoms with van der Waals surface area (Å²) < 4.78 is 10.8. The Kier molecular flexibility index (Phi) is 6.74. The van der Waals surface area contributed by atoms with Gasteiger partial charge in [0.15, 0.2) is 0 Å². The molecular weight excluding hydrogens is 424 g/mol. The van der Waals surface area contributed by atoms with Gasteiger partial charge in [0.25, 0.3) is 5.91 Å². The van der Waals surface area contributed by atoms with Crippen molar-refractivity contribution in [3.05, 3.63) is 65.7 Å². The summed E-state index contributed by atoms with van der Waals surface area (Å²) in [6, 6.07) is 15.2. The number of amides is 2. The Bertz CT molecular complexity index is 978. The maximum Gasteiger partial charge on any atom is 0.261 e. The number of rotatable bonds is 5. The molecule has 2 aromatic carbocycles. The van der Waals surface area contributed by atoms with E-state index >= 15 is 0 Å². The molecule has 6 nitrogen and oxygen atoms in total. The maximum atomic E-state index is 13.3. The van der Waals surface area contributed by atoms with Gasteiger partial charge in [0.05, 0.1) is 19.1 Å². The fraction of sp³-hybridized carbons (Fsp3) is 0.360. The fourth-order valence-electron chi connectivity index (χ4n) is 4.43. The van der Waals surface area contributed by atoms with Crippen molar-refractivity contribution >= 4 is 29.7 Å². The molecule has 1 spiro atoms. The van der Waals surface area contributed by atoms with E-state index in [0.29, 0.717) is 30.2 Å². The average molecular weight is 453 g/mol. The van der Waals surface area contributed by atoms with Gasteiger partial charge in [0.1, 0.15) is 17.1 Å². The van der Waals surface area contributed by atoms with Crippen molar-refractivity contribution in [2.24, 2.45) is 0 Å². The molecular formula is C25H28N2O4S. The number of carbonyl (C=O) groups is 2. The Morgan fingerprint density at radius 3 is 2.22 bits per heavy atom. The second-order valence-electron chi connectivity index (χ2n) is 7.86. The van der Waals surface area contributed by atoms with Crippen LogP contribution in [-0.2, 0) is 4.79 Å². The van der Waals surface area contributed by atoms with E-state index in [2.05, 4.69) is 0 Å². The van der Waals surface area contributed by atoms with Crippen molar-refractivity contribution in [3.63, 3.8) is 0 Å². The molecule has 4 rings (SSSR count). The number of piperidine rings is 1. The largest absolute Gasteiger partial charge is 0.496 e. The van der Waals surface area contributed by atoms with Crippen molar-refractivity contribution < 1.29 is 19.1 Å². The predicted octanol–water partition coefficient (Wildman–Crippen LogP) is 3.92. The zero-order valence-corrected chi connectivity index (χ0v) is 19.3. The van der Waals surface area contributed by atoms with Crippen LogP contribution in [0.25, 0.3) is 6.08 Å². The lowest BCUT2D eigenvalue weighted by atomic mass is 10.0. The summed E-state index contributed by atoms with van der Waals surface area (Å²) in [4.78, 5) is 29.9. The monoisotopic (exact) mass is 452 g/mol. The molecule has 168 valence electrons. The molecule has 0 atom stereocenters. The first-order chi connectivity index (χ1) is 15.6. The molecule has 32 heavy (non-hydrogen) atoms. The lowest BCUT2D eigenvalue weighted by Gasteiger charge is -2.43. The molecule has 0 unspecified atom stereocenters. The molecule has 0 aliphatic carbocycles. The van der Waals surface area contributed by atoms with E-state index in [0.717, 1.165) is 30.7 Å². The quantitative estimate of drug-likeness (QED) is 0.644. The number of hydrogen-bond donors (Lipinski definition) is 0. The molecule has 2 amide bonds. The zero-order valence-electron chi connectivity index (χ0n) is 18.5. The molecule has 0 aromatic heterocycles. The summed E-state index contributed by atoms with van der Waals surface area (Å²) in [6.45, 7) is 1.90. The van der Waals surface area contributed by atoms with Crippen molar-refractivity contribution in [3.8, 4) is 11.5 Å². The summed E-state index contributed by atoms with van der Waals surface area (Å²) in [5, 5.41) is 0. The number of carbonyl (C=O) groups excluding carboxylic acids is 2. The molecule has 0 bridgehead atoms. The first-order valence-corrected chi connectivity index (χ1v) is 11.8. The first-order valence-electron chi connectivity index (χ1n) is 10.8. The van der Waals surface area contributed by atoms with Gasteiger partial charge in [0.2, 0.25) is 5.91 Å². The predicted molar refractivity (Wildman–Crippen MR) is 127 cm³/mol. The van der Waals surface area contributed by atoms with E-state index in [4.69, 9.17) is 9.47 Å². The topological polar surface area (TPSA) is 59.1 Å². The number of hydrogen-bond acceptors (Lipinski definition) is 5. The standard InChI is InChI=1S/C25H28N2O4S/c1-30-20-9-6-10-21(31-2)23(20)24(29)26-15-13-25(14-16-26)27(17-18-32-25)22(28)12-11-19-7-4-3-5-8-19/h3-12H,13-18H2,1-2H3/b12-11+. The minimum absolute atomic E-state index is 0.0324. The van der Waals surface area contributed by atoms with Crippen molar-refractivity contribution in [1.29, 1.82) is 0 Å². The average Bonchev–Trinajstić information content (AvgIpc) is 3.25. The third-order valence-corrected chi connectivity index (χ3v) is 7.69. The normalized spacial score (nSPS) is 17.7. The minimum atomic E-state index is -0.250. The van der Waals surface area contributed by atoms with E-state index < -0.39 is 0 Å². The highest BCUT2D eigenvalue weighted by molar-refractivity contribution is 8.00. The summed E-state index contributed by atoms with van der Waals surface area (Å²) in [7, 11) is 3.11. The summed E-state index contributed by atoms with van der Waals surface area (Å²) >= 11 is 1.83. The molecule has 2 aliphatic rings. The number of thioether (sulfide) groups is 1. The Morgan fingerprint density at radius 1 is 0.938 bits per heavy atom. The SMILES string of the molecule is COc1cccc(OC)c1C(=O)N1CCC2(CC1)SCCN2C(=O)/C=C/c1ccccc1.